The van der Waals surface area contributed by atoms with Crippen molar-refractivity contribution in [3.05, 3.63) is 17.5 Å². The molecule has 1 fully saturated rings. The van der Waals surface area contributed by atoms with E-state index in [0.29, 0.717) is 37.8 Å². The fourth-order valence-corrected chi connectivity index (χ4v) is 2.67. The predicted molar refractivity (Wildman–Crippen MR) is 78.0 cm³/mol. The van der Waals surface area contributed by atoms with Crippen LogP contribution >= 0.6 is 0 Å². The summed E-state index contributed by atoms with van der Waals surface area (Å²) in [6.07, 6.45) is 1.30. The number of carboxylic acid groups (broad SMARTS) is 1. The SMILES string of the molecule is CCC1(C(=O)O)CCN(c2nc(C)cc(C(C)C)n2)C1. The van der Waals surface area contributed by atoms with Crippen LogP contribution in [0, 0.1) is 12.3 Å². The van der Waals surface area contributed by atoms with E-state index in [2.05, 4.69) is 23.8 Å². The average Bonchev–Trinajstić information content (AvgIpc) is 2.83. The van der Waals surface area contributed by atoms with Gasteiger partial charge in [-0.3, -0.25) is 4.79 Å². The Bertz CT molecular complexity index is 516. The van der Waals surface area contributed by atoms with Gasteiger partial charge in [-0.1, -0.05) is 20.8 Å². The molecule has 0 spiro atoms. The molecule has 0 aliphatic carbocycles. The third-order valence-corrected chi connectivity index (χ3v) is 4.22. The van der Waals surface area contributed by atoms with E-state index in [9.17, 15) is 9.90 Å². The molecule has 0 saturated carbocycles. The highest BCUT2D eigenvalue weighted by Crippen LogP contribution is 2.35. The number of anilines is 1. The third-order valence-electron chi connectivity index (χ3n) is 4.22. The molecule has 2 heterocycles. The topological polar surface area (TPSA) is 66.3 Å². The van der Waals surface area contributed by atoms with Gasteiger partial charge in [-0.05, 0) is 31.7 Å². The maximum absolute atomic E-state index is 11.5. The summed E-state index contributed by atoms with van der Waals surface area (Å²) in [5.74, 6) is 0.304. The van der Waals surface area contributed by atoms with Crippen molar-refractivity contribution in [3.63, 3.8) is 0 Å². The molecule has 1 aliphatic heterocycles. The lowest BCUT2D eigenvalue weighted by atomic mass is 9.84. The van der Waals surface area contributed by atoms with Gasteiger partial charge in [0.2, 0.25) is 5.95 Å². The number of carbonyl (C=O) groups is 1. The molecule has 1 N–H and O–H groups in total. The van der Waals surface area contributed by atoms with E-state index in [4.69, 9.17) is 0 Å². The van der Waals surface area contributed by atoms with Gasteiger partial charge in [-0.25, -0.2) is 9.97 Å². The summed E-state index contributed by atoms with van der Waals surface area (Å²) in [6.45, 7) is 9.30. The van der Waals surface area contributed by atoms with Gasteiger partial charge >= 0.3 is 5.97 Å². The lowest BCUT2D eigenvalue weighted by Gasteiger charge is -2.23. The molecule has 110 valence electrons. The Hall–Kier alpha value is -1.65. The predicted octanol–water partition coefficient (Wildman–Crippen LogP) is 2.60. The summed E-state index contributed by atoms with van der Waals surface area (Å²) < 4.78 is 0. The van der Waals surface area contributed by atoms with Gasteiger partial charge in [-0.15, -0.1) is 0 Å². The molecule has 0 aromatic carbocycles. The Morgan fingerprint density at radius 3 is 2.70 bits per heavy atom. The van der Waals surface area contributed by atoms with Crippen molar-refractivity contribution in [1.82, 2.24) is 9.97 Å². The summed E-state index contributed by atoms with van der Waals surface area (Å²) in [7, 11) is 0. The van der Waals surface area contributed by atoms with Crippen molar-refractivity contribution in [3.8, 4) is 0 Å². The number of hydrogen-bond donors (Lipinski definition) is 1. The van der Waals surface area contributed by atoms with Gasteiger partial charge in [0.1, 0.15) is 0 Å². The van der Waals surface area contributed by atoms with Gasteiger partial charge in [0.25, 0.3) is 0 Å². The molecule has 1 aliphatic rings. The minimum absolute atomic E-state index is 0.341. The van der Waals surface area contributed by atoms with Crippen LogP contribution in [0.3, 0.4) is 0 Å². The summed E-state index contributed by atoms with van der Waals surface area (Å²) in [4.78, 5) is 22.6. The Labute approximate surface area is 120 Å². The van der Waals surface area contributed by atoms with E-state index in [-0.39, 0.29) is 0 Å². The smallest absolute Gasteiger partial charge is 0.311 e. The van der Waals surface area contributed by atoms with Crippen molar-refractivity contribution in [2.45, 2.75) is 46.5 Å². The highest BCUT2D eigenvalue weighted by Gasteiger charge is 2.44. The number of rotatable bonds is 4. The summed E-state index contributed by atoms with van der Waals surface area (Å²) in [5.41, 5.74) is 1.30. The van der Waals surface area contributed by atoms with E-state index in [1.807, 2.05) is 24.8 Å². The molecule has 0 bridgehead atoms. The Kier molecular flexibility index (Phi) is 3.97. The molecule has 1 aromatic rings. The molecule has 20 heavy (non-hydrogen) atoms. The summed E-state index contributed by atoms with van der Waals surface area (Å²) >= 11 is 0. The number of aryl methyl sites for hydroxylation is 1. The molecular weight excluding hydrogens is 254 g/mol. The summed E-state index contributed by atoms with van der Waals surface area (Å²) in [5, 5.41) is 9.46. The van der Waals surface area contributed by atoms with E-state index in [0.717, 1.165) is 11.4 Å². The standard InChI is InChI=1S/C15H23N3O2/c1-5-15(13(19)20)6-7-18(9-15)14-16-11(4)8-12(17-14)10(2)3/h8,10H,5-7,9H2,1-4H3,(H,19,20). The van der Waals surface area contributed by atoms with Gasteiger partial charge in [-0.2, -0.15) is 0 Å². The number of hydrogen-bond acceptors (Lipinski definition) is 4. The van der Waals surface area contributed by atoms with Crippen molar-refractivity contribution >= 4 is 11.9 Å². The van der Waals surface area contributed by atoms with Crippen LogP contribution in [-0.4, -0.2) is 34.1 Å². The Morgan fingerprint density at radius 1 is 1.50 bits per heavy atom. The van der Waals surface area contributed by atoms with E-state index < -0.39 is 11.4 Å². The first-order valence-electron chi connectivity index (χ1n) is 7.22. The molecule has 5 nitrogen and oxygen atoms in total. The van der Waals surface area contributed by atoms with Crippen molar-refractivity contribution in [2.24, 2.45) is 5.41 Å². The van der Waals surface area contributed by atoms with Gasteiger partial charge < -0.3 is 10.0 Å². The average molecular weight is 277 g/mol. The van der Waals surface area contributed by atoms with Gasteiger partial charge in [0.15, 0.2) is 0 Å². The minimum Gasteiger partial charge on any atom is -0.481 e. The van der Waals surface area contributed by atoms with Crippen LogP contribution in [0.1, 0.15) is 50.9 Å². The van der Waals surface area contributed by atoms with Gasteiger partial charge in [0.05, 0.1) is 5.41 Å². The van der Waals surface area contributed by atoms with Crippen LogP contribution in [0.15, 0.2) is 6.07 Å². The Balaban J connectivity index is 2.28. The molecule has 0 radical (unpaired) electrons. The quantitative estimate of drug-likeness (QED) is 0.916. The van der Waals surface area contributed by atoms with Crippen LogP contribution in [0.4, 0.5) is 5.95 Å². The molecule has 5 heteroatoms. The van der Waals surface area contributed by atoms with Crippen molar-refractivity contribution < 1.29 is 9.90 Å². The largest absolute Gasteiger partial charge is 0.481 e. The third kappa shape index (κ3) is 2.62. The first-order valence-corrected chi connectivity index (χ1v) is 7.22. The molecule has 1 aromatic heterocycles. The van der Waals surface area contributed by atoms with E-state index in [1.54, 1.807) is 0 Å². The maximum Gasteiger partial charge on any atom is 0.311 e. The number of nitrogens with zero attached hydrogens (tertiary/aromatic N) is 3. The van der Waals surface area contributed by atoms with Crippen LogP contribution in [0.5, 0.6) is 0 Å². The number of aliphatic carboxylic acids is 1. The second-order valence-corrected chi connectivity index (χ2v) is 6.00. The van der Waals surface area contributed by atoms with Crippen LogP contribution < -0.4 is 4.90 Å². The van der Waals surface area contributed by atoms with Crippen LogP contribution in [0.2, 0.25) is 0 Å². The molecule has 1 unspecified atom stereocenters. The first-order chi connectivity index (χ1) is 9.38. The lowest BCUT2D eigenvalue weighted by molar-refractivity contribution is -0.147. The fraction of sp³-hybridized carbons (Fsp3) is 0.667. The first kappa shape index (κ1) is 14.8. The summed E-state index contributed by atoms with van der Waals surface area (Å²) in [6, 6.07) is 1.99. The maximum atomic E-state index is 11.5. The molecule has 1 atom stereocenters. The monoisotopic (exact) mass is 277 g/mol. The van der Waals surface area contributed by atoms with Crippen LogP contribution in [-0.2, 0) is 4.79 Å². The lowest BCUT2D eigenvalue weighted by Crippen LogP contribution is -2.34. The molecular formula is C15H23N3O2. The van der Waals surface area contributed by atoms with Crippen molar-refractivity contribution in [2.75, 3.05) is 18.0 Å². The second-order valence-electron chi connectivity index (χ2n) is 6.00. The zero-order chi connectivity index (χ0) is 14.9. The number of carboxylic acids is 1. The van der Waals surface area contributed by atoms with Gasteiger partial charge in [0, 0.05) is 24.5 Å². The zero-order valence-electron chi connectivity index (χ0n) is 12.7. The Morgan fingerprint density at radius 2 is 2.20 bits per heavy atom. The highest BCUT2D eigenvalue weighted by molar-refractivity contribution is 5.76. The van der Waals surface area contributed by atoms with Crippen molar-refractivity contribution in [1.29, 1.82) is 0 Å². The van der Waals surface area contributed by atoms with E-state index >= 15 is 0 Å². The highest BCUT2D eigenvalue weighted by atomic mass is 16.4. The normalized spacial score (nSPS) is 22.6. The zero-order valence-corrected chi connectivity index (χ0v) is 12.7. The second kappa shape index (κ2) is 5.38. The molecule has 1 saturated heterocycles. The number of aromatic nitrogens is 2. The van der Waals surface area contributed by atoms with E-state index in [1.165, 1.54) is 0 Å². The minimum atomic E-state index is -0.709. The molecule has 2 rings (SSSR count). The fourth-order valence-electron chi connectivity index (χ4n) is 2.67. The van der Waals surface area contributed by atoms with Crippen LogP contribution in [0.25, 0.3) is 0 Å². The molecule has 0 amide bonds.